The van der Waals surface area contributed by atoms with E-state index >= 15 is 0 Å². The summed E-state index contributed by atoms with van der Waals surface area (Å²) in [6, 6.07) is 0.422. The second-order valence-electron chi connectivity index (χ2n) is 5.86. The monoisotopic (exact) mass is 239 g/mol. The second kappa shape index (κ2) is 4.94. The van der Waals surface area contributed by atoms with Gasteiger partial charge >= 0.3 is 0 Å². The summed E-state index contributed by atoms with van der Waals surface area (Å²) in [5.41, 5.74) is 0. The summed E-state index contributed by atoms with van der Waals surface area (Å²) in [4.78, 5) is 16.7. The Hall–Kier alpha value is -0.610. The molecular formula is C13H25N3O. The Bertz CT molecular complexity index is 284. The average Bonchev–Trinajstić information content (AvgIpc) is 2.57. The zero-order chi connectivity index (χ0) is 12.6. The molecule has 2 aliphatic heterocycles. The Morgan fingerprint density at radius 2 is 1.88 bits per heavy atom. The van der Waals surface area contributed by atoms with Crippen molar-refractivity contribution in [2.45, 2.75) is 51.9 Å². The zero-order valence-electron chi connectivity index (χ0n) is 11.4. The van der Waals surface area contributed by atoms with Crippen LogP contribution < -0.4 is 5.32 Å². The number of amides is 1. The SMILES string of the molecule is CC1NC(C(C)C)N(C2CCN(C)CC2)C1=O. The quantitative estimate of drug-likeness (QED) is 0.777. The molecule has 2 fully saturated rings. The summed E-state index contributed by atoms with van der Waals surface area (Å²) in [6.07, 6.45) is 2.45. The first-order chi connectivity index (χ1) is 8.00. The van der Waals surface area contributed by atoms with Gasteiger partial charge in [-0.25, -0.2) is 0 Å². The standard InChI is InChI=1S/C13H25N3O/c1-9(2)12-14-10(3)13(17)16(12)11-5-7-15(4)8-6-11/h9-12,14H,5-8H2,1-4H3. The molecule has 0 aromatic heterocycles. The summed E-state index contributed by atoms with van der Waals surface area (Å²) in [7, 11) is 2.16. The lowest BCUT2D eigenvalue weighted by Crippen LogP contribution is -2.51. The van der Waals surface area contributed by atoms with Crippen LogP contribution in [0.4, 0.5) is 0 Å². The maximum Gasteiger partial charge on any atom is 0.240 e. The molecule has 1 N–H and O–H groups in total. The van der Waals surface area contributed by atoms with Crippen molar-refractivity contribution in [3.05, 3.63) is 0 Å². The summed E-state index contributed by atoms with van der Waals surface area (Å²) >= 11 is 0. The molecule has 2 atom stereocenters. The molecule has 4 nitrogen and oxygen atoms in total. The van der Waals surface area contributed by atoms with Crippen LogP contribution in [0.2, 0.25) is 0 Å². The molecule has 2 saturated heterocycles. The maximum atomic E-state index is 12.3. The highest BCUT2D eigenvalue weighted by atomic mass is 16.2. The van der Waals surface area contributed by atoms with Crippen molar-refractivity contribution in [2.75, 3.05) is 20.1 Å². The van der Waals surface area contributed by atoms with Crippen LogP contribution in [0.5, 0.6) is 0 Å². The molecular weight excluding hydrogens is 214 g/mol. The van der Waals surface area contributed by atoms with Crippen molar-refractivity contribution < 1.29 is 4.79 Å². The van der Waals surface area contributed by atoms with E-state index in [-0.39, 0.29) is 12.2 Å². The zero-order valence-corrected chi connectivity index (χ0v) is 11.4. The molecule has 0 saturated carbocycles. The molecule has 2 aliphatic rings. The van der Waals surface area contributed by atoms with Crippen LogP contribution in [0, 0.1) is 5.92 Å². The molecule has 0 bridgehead atoms. The maximum absolute atomic E-state index is 12.3. The predicted octanol–water partition coefficient (Wildman–Crippen LogP) is 0.883. The minimum Gasteiger partial charge on any atom is -0.322 e. The Morgan fingerprint density at radius 1 is 1.29 bits per heavy atom. The lowest BCUT2D eigenvalue weighted by molar-refractivity contribution is -0.133. The Balaban J connectivity index is 2.08. The van der Waals surface area contributed by atoms with Gasteiger partial charge in [0.2, 0.25) is 5.91 Å². The Morgan fingerprint density at radius 3 is 2.41 bits per heavy atom. The first-order valence-electron chi connectivity index (χ1n) is 6.77. The van der Waals surface area contributed by atoms with E-state index in [9.17, 15) is 4.79 Å². The Kier molecular flexibility index (Phi) is 3.73. The molecule has 4 heteroatoms. The van der Waals surface area contributed by atoms with Crippen molar-refractivity contribution >= 4 is 5.91 Å². The van der Waals surface area contributed by atoms with Crippen LogP contribution in [0.3, 0.4) is 0 Å². The van der Waals surface area contributed by atoms with Gasteiger partial charge in [0.25, 0.3) is 0 Å². The van der Waals surface area contributed by atoms with Crippen LogP contribution in [-0.4, -0.2) is 54.1 Å². The summed E-state index contributed by atoms with van der Waals surface area (Å²) in [5.74, 6) is 0.766. The van der Waals surface area contributed by atoms with E-state index in [4.69, 9.17) is 0 Å². The molecule has 0 radical (unpaired) electrons. The molecule has 0 spiro atoms. The number of piperidine rings is 1. The van der Waals surface area contributed by atoms with Crippen molar-refractivity contribution in [3.63, 3.8) is 0 Å². The van der Waals surface area contributed by atoms with Crippen LogP contribution in [-0.2, 0) is 4.79 Å². The number of rotatable bonds is 2. The molecule has 2 unspecified atom stereocenters. The molecule has 17 heavy (non-hydrogen) atoms. The van der Waals surface area contributed by atoms with Gasteiger partial charge in [0.15, 0.2) is 0 Å². The normalized spacial score (nSPS) is 32.8. The topological polar surface area (TPSA) is 35.6 Å². The first kappa shape index (κ1) is 12.8. The highest BCUT2D eigenvalue weighted by Crippen LogP contribution is 2.25. The largest absolute Gasteiger partial charge is 0.322 e. The van der Waals surface area contributed by atoms with E-state index in [1.165, 1.54) is 0 Å². The summed E-state index contributed by atoms with van der Waals surface area (Å²) in [5, 5.41) is 3.42. The van der Waals surface area contributed by atoms with Crippen LogP contribution in [0.1, 0.15) is 33.6 Å². The lowest BCUT2D eigenvalue weighted by Gasteiger charge is -2.39. The van der Waals surface area contributed by atoms with Crippen LogP contribution in [0.15, 0.2) is 0 Å². The average molecular weight is 239 g/mol. The van der Waals surface area contributed by atoms with Crippen molar-refractivity contribution in [1.29, 1.82) is 0 Å². The van der Waals surface area contributed by atoms with Gasteiger partial charge in [-0.3, -0.25) is 10.1 Å². The summed E-state index contributed by atoms with van der Waals surface area (Å²) < 4.78 is 0. The number of likely N-dealkylation sites (tertiary alicyclic amines) is 1. The van der Waals surface area contributed by atoms with Gasteiger partial charge in [-0.1, -0.05) is 13.8 Å². The Labute approximate surface area is 104 Å². The van der Waals surface area contributed by atoms with E-state index in [0.717, 1.165) is 25.9 Å². The molecule has 1 amide bonds. The predicted molar refractivity (Wildman–Crippen MR) is 68.6 cm³/mol. The molecule has 0 aliphatic carbocycles. The molecule has 2 rings (SSSR count). The van der Waals surface area contributed by atoms with E-state index in [1.54, 1.807) is 0 Å². The fraction of sp³-hybridized carbons (Fsp3) is 0.923. The molecule has 98 valence electrons. The highest BCUT2D eigenvalue weighted by molar-refractivity contribution is 5.84. The van der Waals surface area contributed by atoms with Gasteiger partial charge in [-0.15, -0.1) is 0 Å². The third kappa shape index (κ3) is 2.47. The summed E-state index contributed by atoms with van der Waals surface area (Å²) in [6.45, 7) is 8.56. The van der Waals surface area contributed by atoms with Gasteiger partial charge in [-0.05, 0) is 45.8 Å². The minimum atomic E-state index is -0.0120. The fourth-order valence-corrected chi connectivity index (χ4v) is 2.96. The van der Waals surface area contributed by atoms with E-state index < -0.39 is 0 Å². The van der Waals surface area contributed by atoms with E-state index in [2.05, 4.69) is 36.0 Å². The van der Waals surface area contributed by atoms with Gasteiger partial charge in [0.1, 0.15) is 0 Å². The van der Waals surface area contributed by atoms with Crippen molar-refractivity contribution in [3.8, 4) is 0 Å². The van der Waals surface area contributed by atoms with Gasteiger partial charge in [-0.2, -0.15) is 0 Å². The van der Waals surface area contributed by atoms with E-state index in [1.807, 2.05) is 6.92 Å². The molecule has 2 heterocycles. The third-order valence-electron chi connectivity index (χ3n) is 4.06. The number of hydrogen-bond acceptors (Lipinski definition) is 3. The lowest BCUT2D eigenvalue weighted by atomic mass is 10.0. The second-order valence-corrected chi connectivity index (χ2v) is 5.86. The highest BCUT2D eigenvalue weighted by Gasteiger charge is 2.42. The molecule has 0 aromatic rings. The number of carbonyl (C=O) groups excluding carboxylic acids is 1. The van der Waals surface area contributed by atoms with Crippen molar-refractivity contribution in [2.24, 2.45) is 5.92 Å². The number of carbonyl (C=O) groups is 1. The van der Waals surface area contributed by atoms with E-state index in [0.29, 0.717) is 17.9 Å². The van der Waals surface area contributed by atoms with Gasteiger partial charge in [0, 0.05) is 6.04 Å². The van der Waals surface area contributed by atoms with Gasteiger partial charge < -0.3 is 9.80 Å². The number of hydrogen-bond donors (Lipinski definition) is 1. The molecule has 0 aromatic carbocycles. The number of nitrogens with zero attached hydrogens (tertiary/aromatic N) is 2. The number of nitrogens with one attached hydrogen (secondary N) is 1. The van der Waals surface area contributed by atoms with Crippen molar-refractivity contribution in [1.82, 2.24) is 15.1 Å². The third-order valence-corrected chi connectivity index (χ3v) is 4.06. The first-order valence-corrected chi connectivity index (χ1v) is 6.77. The van der Waals surface area contributed by atoms with Crippen LogP contribution >= 0.6 is 0 Å². The van der Waals surface area contributed by atoms with Crippen LogP contribution in [0.25, 0.3) is 0 Å². The van der Waals surface area contributed by atoms with Gasteiger partial charge in [0.05, 0.1) is 12.2 Å². The smallest absolute Gasteiger partial charge is 0.240 e. The minimum absolute atomic E-state index is 0.0120. The fourth-order valence-electron chi connectivity index (χ4n) is 2.96.